The van der Waals surface area contributed by atoms with Gasteiger partial charge in [-0.2, -0.15) is 0 Å². The van der Waals surface area contributed by atoms with E-state index in [-0.39, 0.29) is 17.2 Å². The van der Waals surface area contributed by atoms with Crippen LogP contribution in [0.5, 0.6) is 0 Å². The van der Waals surface area contributed by atoms with Crippen LogP contribution in [0.15, 0.2) is 50.8 Å². The molecule has 3 aromatic rings. The number of para-hydroxylation sites is 1. The summed E-state index contributed by atoms with van der Waals surface area (Å²) in [5.41, 5.74) is 0.598. The molecule has 6 nitrogen and oxygen atoms in total. The van der Waals surface area contributed by atoms with Gasteiger partial charge in [-0.15, -0.1) is 0 Å². The molecule has 0 spiro atoms. The second kappa shape index (κ2) is 8.43. The fraction of sp³-hybridized carbons (Fsp3) is 0.350. The molecule has 0 unspecified atom stereocenters. The van der Waals surface area contributed by atoms with Crippen LogP contribution in [0.3, 0.4) is 0 Å². The molecule has 0 aliphatic carbocycles. The maximum Gasteiger partial charge on any atom is 0.262 e. The molecule has 0 saturated heterocycles. The molecule has 0 aliphatic heterocycles. The Hall–Kier alpha value is -2.54. The molecule has 0 aliphatic rings. The first-order valence-electron chi connectivity index (χ1n) is 8.91. The van der Waals surface area contributed by atoms with Crippen LogP contribution >= 0.6 is 11.8 Å². The van der Waals surface area contributed by atoms with Crippen LogP contribution in [0.4, 0.5) is 0 Å². The molecular formula is C20H23N3O3S. The van der Waals surface area contributed by atoms with E-state index in [4.69, 9.17) is 4.42 Å². The lowest BCUT2D eigenvalue weighted by Crippen LogP contribution is -2.28. The fourth-order valence-corrected chi connectivity index (χ4v) is 3.77. The maximum absolute atomic E-state index is 12.8. The number of thioether (sulfide) groups is 1. The molecule has 1 aromatic carbocycles. The van der Waals surface area contributed by atoms with E-state index in [1.807, 2.05) is 44.2 Å². The Balaban J connectivity index is 1.76. The minimum Gasteiger partial charge on any atom is -0.464 e. The Morgan fingerprint density at radius 3 is 2.74 bits per heavy atom. The van der Waals surface area contributed by atoms with Crippen molar-refractivity contribution in [2.45, 2.75) is 38.5 Å². The van der Waals surface area contributed by atoms with Gasteiger partial charge < -0.3 is 9.32 Å². The van der Waals surface area contributed by atoms with Gasteiger partial charge in [0.15, 0.2) is 5.16 Å². The summed E-state index contributed by atoms with van der Waals surface area (Å²) in [6.07, 6.45) is 0.819. The SMILES string of the molecule is CCCn1c(SCC(=O)N(C)Cc2ccc(C)o2)nc2ccccc2c1=O. The summed E-state index contributed by atoms with van der Waals surface area (Å²) in [4.78, 5) is 31.5. The molecule has 27 heavy (non-hydrogen) atoms. The largest absolute Gasteiger partial charge is 0.464 e. The molecule has 1 amide bonds. The normalized spacial score (nSPS) is 11.1. The number of rotatable bonds is 7. The van der Waals surface area contributed by atoms with Crippen LogP contribution in [0.25, 0.3) is 10.9 Å². The summed E-state index contributed by atoms with van der Waals surface area (Å²) in [6.45, 7) is 4.88. The summed E-state index contributed by atoms with van der Waals surface area (Å²) < 4.78 is 7.19. The number of benzene rings is 1. The van der Waals surface area contributed by atoms with Crippen LogP contribution in [-0.2, 0) is 17.9 Å². The molecule has 0 N–H and O–H groups in total. The Labute approximate surface area is 162 Å². The van der Waals surface area contributed by atoms with Crippen LogP contribution in [-0.4, -0.2) is 33.2 Å². The van der Waals surface area contributed by atoms with Crippen molar-refractivity contribution in [2.24, 2.45) is 0 Å². The molecule has 7 heteroatoms. The number of carbonyl (C=O) groups excluding carboxylic acids is 1. The van der Waals surface area contributed by atoms with Gasteiger partial charge in [-0.3, -0.25) is 14.2 Å². The summed E-state index contributed by atoms with van der Waals surface area (Å²) in [5.74, 6) is 1.74. The van der Waals surface area contributed by atoms with Crippen LogP contribution in [0.1, 0.15) is 24.9 Å². The third-order valence-electron chi connectivity index (χ3n) is 4.21. The molecule has 2 heterocycles. The van der Waals surface area contributed by atoms with E-state index in [2.05, 4.69) is 4.98 Å². The van der Waals surface area contributed by atoms with Gasteiger partial charge in [-0.25, -0.2) is 4.98 Å². The Morgan fingerprint density at radius 2 is 2.04 bits per heavy atom. The van der Waals surface area contributed by atoms with E-state index in [0.717, 1.165) is 17.9 Å². The highest BCUT2D eigenvalue weighted by Gasteiger charge is 2.15. The summed E-state index contributed by atoms with van der Waals surface area (Å²) in [7, 11) is 1.74. The minimum atomic E-state index is -0.0585. The fourth-order valence-electron chi connectivity index (χ4n) is 2.81. The van der Waals surface area contributed by atoms with Crippen molar-refractivity contribution in [3.8, 4) is 0 Å². The van der Waals surface area contributed by atoms with Crippen molar-refractivity contribution in [3.05, 3.63) is 58.3 Å². The molecule has 2 aromatic heterocycles. The third kappa shape index (κ3) is 4.42. The molecule has 0 saturated carbocycles. The number of furan rings is 1. The van der Waals surface area contributed by atoms with Crippen molar-refractivity contribution >= 4 is 28.6 Å². The van der Waals surface area contributed by atoms with Crippen molar-refractivity contribution in [3.63, 3.8) is 0 Å². The Kier molecular flexibility index (Phi) is 6.01. The van der Waals surface area contributed by atoms with Crippen molar-refractivity contribution in [2.75, 3.05) is 12.8 Å². The van der Waals surface area contributed by atoms with Gasteiger partial charge in [0, 0.05) is 13.6 Å². The number of aromatic nitrogens is 2. The van der Waals surface area contributed by atoms with E-state index in [0.29, 0.717) is 29.1 Å². The number of amides is 1. The van der Waals surface area contributed by atoms with Gasteiger partial charge in [-0.1, -0.05) is 30.8 Å². The second-order valence-corrected chi connectivity index (χ2v) is 7.36. The first-order valence-corrected chi connectivity index (χ1v) is 9.89. The first-order chi connectivity index (χ1) is 13.0. The standard InChI is InChI=1S/C20H23N3O3S/c1-4-11-23-19(25)16-7-5-6-8-17(16)21-20(23)27-13-18(24)22(3)12-15-10-9-14(2)26-15/h5-10H,4,11-13H2,1-3H3. The first kappa shape index (κ1) is 19.2. The lowest BCUT2D eigenvalue weighted by atomic mass is 10.2. The third-order valence-corrected chi connectivity index (χ3v) is 5.17. The molecule has 0 atom stereocenters. The van der Waals surface area contributed by atoms with Crippen molar-refractivity contribution < 1.29 is 9.21 Å². The molecular weight excluding hydrogens is 362 g/mol. The van der Waals surface area contributed by atoms with Crippen LogP contribution in [0, 0.1) is 6.92 Å². The lowest BCUT2D eigenvalue weighted by molar-refractivity contribution is -0.127. The van der Waals surface area contributed by atoms with Gasteiger partial charge in [-0.05, 0) is 37.6 Å². The number of hydrogen-bond acceptors (Lipinski definition) is 5. The second-order valence-electron chi connectivity index (χ2n) is 6.42. The van der Waals surface area contributed by atoms with Crippen molar-refractivity contribution in [1.82, 2.24) is 14.5 Å². The van der Waals surface area contributed by atoms with E-state index < -0.39 is 0 Å². The zero-order chi connectivity index (χ0) is 19.4. The van der Waals surface area contributed by atoms with Gasteiger partial charge in [0.1, 0.15) is 11.5 Å². The molecule has 142 valence electrons. The molecule has 0 radical (unpaired) electrons. The zero-order valence-electron chi connectivity index (χ0n) is 15.8. The number of aryl methyl sites for hydroxylation is 1. The number of fused-ring (bicyclic) bond motifs is 1. The summed E-state index contributed by atoms with van der Waals surface area (Å²) in [6, 6.07) is 11.1. The molecule has 3 rings (SSSR count). The number of carbonyl (C=O) groups is 1. The smallest absolute Gasteiger partial charge is 0.262 e. The van der Waals surface area contributed by atoms with Gasteiger partial charge in [0.05, 0.1) is 23.2 Å². The van der Waals surface area contributed by atoms with Gasteiger partial charge in [0.25, 0.3) is 5.56 Å². The average molecular weight is 385 g/mol. The predicted molar refractivity (Wildman–Crippen MR) is 107 cm³/mol. The van der Waals surface area contributed by atoms with Crippen molar-refractivity contribution in [1.29, 1.82) is 0 Å². The lowest BCUT2D eigenvalue weighted by Gasteiger charge is -2.16. The average Bonchev–Trinajstić information content (AvgIpc) is 3.07. The van der Waals surface area contributed by atoms with Gasteiger partial charge in [0.2, 0.25) is 5.91 Å². The molecule has 0 fully saturated rings. The highest BCUT2D eigenvalue weighted by molar-refractivity contribution is 7.99. The summed E-state index contributed by atoms with van der Waals surface area (Å²) in [5, 5.41) is 1.18. The highest BCUT2D eigenvalue weighted by Crippen LogP contribution is 2.19. The maximum atomic E-state index is 12.8. The minimum absolute atomic E-state index is 0.0421. The Bertz CT molecular complexity index is 1010. The highest BCUT2D eigenvalue weighted by atomic mass is 32.2. The Morgan fingerprint density at radius 1 is 1.26 bits per heavy atom. The summed E-state index contributed by atoms with van der Waals surface area (Å²) >= 11 is 1.30. The van der Waals surface area contributed by atoms with Crippen LogP contribution < -0.4 is 5.56 Å². The van der Waals surface area contributed by atoms with E-state index in [1.165, 1.54) is 11.8 Å². The molecule has 0 bridgehead atoms. The van der Waals surface area contributed by atoms with Gasteiger partial charge >= 0.3 is 0 Å². The monoisotopic (exact) mass is 385 g/mol. The van der Waals surface area contributed by atoms with E-state index in [9.17, 15) is 9.59 Å². The number of hydrogen-bond donors (Lipinski definition) is 0. The predicted octanol–water partition coefficient (Wildman–Crippen LogP) is 3.46. The van der Waals surface area contributed by atoms with Crippen LogP contribution in [0.2, 0.25) is 0 Å². The topological polar surface area (TPSA) is 68.3 Å². The zero-order valence-corrected chi connectivity index (χ0v) is 16.6. The van der Waals surface area contributed by atoms with E-state index in [1.54, 1.807) is 22.6 Å². The van der Waals surface area contributed by atoms with E-state index >= 15 is 0 Å². The quantitative estimate of drug-likeness (QED) is 0.460. The number of nitrogens with zero attached hydrogens (tertiary/aromatic N) is 3.